The number of nitrogens with zero attached hydrogens (tertiary/aromatic N) is 3. The van der Waals surface area contributed by atoms with Gasteiger partial charge in [0.05, 0.1) is 12.3 Å². The van der Waals surface area contributed by atoms with Gasteiger partial charge in [-0.05, 0) is 36.6 Å². The van der Waals surface area contributed by atoms with E-state index in [-0.39, 0.29) is 28.8 Å². The lowest BCUT2D eigenvalue weighted by atomic mass is 10.1. The summed E-state index contributed by atoms with van der Waals surface area (Å²) in [6.45, 7) is 2.16. The van der Waals surface area contributed by atoms with Crippen LogP contribution in [0.25, 0.3) is 11.3 Å². The van der Waals surface area contributed by atoms with E-state index in [1.54, 1.807) is 42.6 Å². The van der Waals surface area contributed by atoms with E-state index in [4.69, 9.17) is 20.9 Å². The van der Waals surface area contributed by atoms with E-state index in [0.29, 0.717) is 22.8 Å². The summed E-state index contributed by atoms with van der Waals surface area (Å²) >= 11 is 1.28. The van der Waals surface area contributed by atoms with Crippen LogP contribution < -0.4 is 20.9 Å². The van der Waals surface area contributed by atoms with Gasteiger partial charge in [0, 0.05) is 5.56 Å². The van der Waals surface area contributed by atoms with Gasteiger partial charge in [-0.2, -0.15) is 10.2 Å². The van der Waals surface area contributed by atoms with Gasteiger partial charge in [-0.3, -0.25) is 0 Å². The molecule has 0 bridgehead atoms. The standard InChI is InChI=1S/C18H15N5O3S/c1-2-25-13-8-10(15-11(9-19)16(20)23-18(21)22-15)5-6-12(13)26-17(24)14-4-3-7-27-14/h3-8H,2H2,1H3,(H4,20,21,22,23). The van der Waals surface area contributed by atoms with Crippen molar-refractivity contribution in [3.05, 3.63) is 46.2 Å². The van der Waals surface area contributed by atoms with Crippen LogP contribution in [-0.4, -0.2) is 22.5 Å². The lowest BCUT2D eigenvalue weighted by Crippen LogP contribution is -2.08. The monoisotopic (exact) mass is 381 g/mol. The predicted molar refractivity (Wildman–Crippen MR) is 101 cm³/mol. The van der Waals surface area contributed by atoms with Crippen LogP contribution in [0, 0.1) is 11.3 Å². The highest BCUT2D eigenvalue weighted by Crippen LogP contribution is 2.35. The summed E-state index contributed by atoms with van der Waals surface area (Å²) in [5, 5.41) is 11.1. The number of ether oxygens (including phenoxy) is 2. The summed E-state index contributed by atoms with van der Waals surface area (Å²) in [5.74, 6) is 0.0535. The first-order valence-electron chi connectivity index (χ1n) is 7.89. The Labute approximate surface area is 159 Å². The normalized spacial score (nSPS) is 10.2. The number of hydrogen-bond acceptors (Lipinski definition) is 9. The molecule has 0 fully saturated rings. The number of rotatable bonds is 5. The Morgan fingerprint density at radius 3 is 2.74 bits per heavy atom. The average Bonchev–Trinajstić information content (AvgIpc) is 3.17. The zero-order valence-electron chi connectivity index (χ0n) is 14.3. The predicted octanol–water partition coefficient (Wildman–Crippen LogP) is 2.86. The number of nitriles is 1. The van der Waals surface area contributed by atoms with Crippen LogP contribution in [0.3, 0.4) is 0 Å². The molecule has 0 radical (unpaired) electrons. The fourth-order valence-electron chi connectivity index (χ4n) is 2.37. The number of benzene rings is 1. The van der Waals surface area contributed by atoms with E-state index < -0.39 is 5.97 Å². The molecule has 0 spiro atoms. The minimum atomic E-state index is -0.480. The molecule has 0 unspecified atom stereocenters. The highest BCUT2D eigenvalue weighted by molar-refractivity contribution is 7.12. The number of hydrogen-bond donors (Lipinski definition) is 2. The van der Waals surface area contributed by atoms with Gasteiger partial charge in [-0.25, -0.2) is 9.78 Å². The first-order valence-corrected chi connectivity index (χ1v) is 8.77. The van der Waals surface area contributed by atoms with E-state index >= 15 is 0 Å². The van der Waals surface area contributed by atoms with Gasteiger partial charge in [-0.15, -0.1) is 11.3 Å². The Morgan fingerprint density at radius 1 is 1.26 bits per heavy atom. The van der Waals surface area contributed by atoms with Crippen molar-refractivity contribution in [2.24, 2.45) is 0 Å². The quantitative estimate of drug-likeness (QED) is 0.508. The molecule has 27 heavy (non-hydrogen) atoms. The van der Waals surface area contributed by atoms with Crippen molar-refractivity contribution in [1.82, 2.24) is 9.97 Å². The second kappa shape index (κ2) is 7.72. The molecule has 0 amide bonds. The summed E-state index contributed by atoms with van der Waals surface area (Å²) in [4.78, 5) is 20.6. The molecule has 0 atom stereocenters. The zero-order chi connectivity index (χ0) is 19.4. The highest BCUT2D eigenvalue weighted by atomic mass is 32.1. The smallest absolute Gasteiger partial charge is 0.353 e. The Bertz CT molecular complexity index is 1030. The van der Waals surface area contributed by atoms with Crippen molar-refractivity contribution in [3.63, 3.8) is 0 Å². The molecule has 4 N–H and O–H groups in total. The van der Waals surface area contributed by atoms with Crippen molar-refractivity contribution in [2.45, 2.75) is 6.92 Å². The molecule has 3 rings (SSSR count). The zero-order valence-corrected chi connectivity index (χ0v) is 15.1. The Kier molecular flexibility index (Phi) is 5.19. The van der Waals surface area contributed by atoms with Crippen molar-refractivity contribution in [1.29, 1.82) is 5.26 Å². The van der Waals surface area contributed by atoms with E-state index in [0.717, 1.165) is 0 Å². The number of nitrogens with two attached hydrogens (primary N) is 2. The molecular formula is C18H15N5O3S. The van der Waals surface area contributed by atoms with E-state index in [9.17, 15) is 10.1 Å². The Hall–Kier alpha value is -3.64. The number of nitrogen functional groups attached to an aromatic ring is 2. The number of esters is 1. The van der Waals surface area contributed by atoms with Crippen LogP contribution in [0.4, 0.5) is 11.8 Å². The Morgan fingerprint density at radius 2 is 2.07 bits per heavy atom. The van der Waals surface area contributed by atoms with Crippen LogP contribution in [-0.2, 0) is 0 Å². The summed E-state index contributed by atoms with van der Waals surface area (Å²) in [5.41, 5.74) is 12.3. The summed E-state index contributed by atoms with van der Waals surface area (Å²) in [6.07, 6.45) is 0. The van der Waals surface area contributed by atoms with Gasteiger partial charge >= 0.3 is 5.97 Å². The SMILES string of the molecule is CCOc1cc(-c2nc(N)nc(N)c2C#N)ccc1OC(=O)c1cccs1. The Balaban J connectivity index is 2.02. The van der Waals surface area contributed by atoms with Gasteiger partial charge in [-0.1, -0.05) is 6.07 Å². The molecule has 136 valence electrons. The molecule has 0 aliphatic heterocycles. The molecule has 2 heterocycles. The summed E-state index contributed by atoms with van der Waals surface area (Å²) in [7, 11) is 0. The largest absolute Gasteiger partial charge is 0.490 e. The molecule has 0 saturated heterocycles. The fraction of sp³-hybridized carbons (Fsp3) is 0.111. The minimum Gasteiger partial charge on any atom is -0.490 e. The molecule has 3 aromatic rings. The highest BCUT2D eigenvalue weighted by Gasteiger charge is 2.18. The molecule has 2 aromatic heterocycles. The first kappa shape index (κ1) is 18.2. The second-order valence-electron chi connectivity index (χ2n) is 5.26. The van der Waals surface area contributed by atoms with Crippen molar-refractivity contribution < 1.29 is 14.3 Å². The van der Waals surface area contributed by atoms with Crippen molar-refractivity contribution in [2.75, 3.05) is 18.1 Å². The third-order valence-corrected chi connectivity index (χ3v) is 4.36. The van der Waals surface area contributed by atoms with E-state index in [1.807, 2.05) is 6.07 Å². The third-order valence-electron chi connectivity index (χ3n) is 3.51. The second-order valence-corrected chi connectivity index (χ2v) is 6.21. The van der Waals surface area contributed by atoms with Crippen LogP contribution in [0.2, 0.25) is 0 Å². The topological polar surface area (TPSA) is 137 Å². The lowest BCUT2D eigenvalue weighted by Gasteiger charge is -2.13. The average molecular weight is 381 g/mol. The van der Waals surface area contributed by atoms with Crippen molar-refractivity contribution in [3.8, 4) is 28.8 Å². The van der Waals surface area contributed by atoms with Crippen LogP contribution in [0.5, 0.6) is 11.5 Å². The molecule has 0 saturated carbocycles. The molecule has 1 aromatic carbocycles. The van der Waals surface area contributed by atoms with Crippen LogP contribution in [0.1, 0.15) is 22.2 Å². The number of carbonyl (C=O) groups excluding carboxylic acids is 1. The first-order chi connectivity index (χ1) is 13.0. The maximum atomic E-state index is 12.2. The maximum Gasteiger partial charge on any atom is 0.353 e. The van der Waals surface area contributed by atoms with Gasteiger partial charge in [0.25, 0.3) is 0 Å². The number of carbonyl (C=O) groups is 1. The lowest BCUT2D eigenvalue weighted by molar-refractivity contribution is 0.0733. The van der Waals surface area contributed by atoms with Crippen LogP contribution in [0.15, 0.2) is 35.7 Å². The minimum absolute atomic E-state index is 0.00819. The fourth-order valence-corrected chi connectivity index (χ4v) is 2.97. The molecule has 0 aliphatic rings. The van der Waals surface area contributed by atoms with E-state index in [1.165, 1.54) is 11.3 Å². The molecule has 0 aliphatic carbocycles. The molecule has 8 nitrogen and oxygen atoms in total. The molecular weight excluding hydrogens is 366 g/mol. The van der Waals surface area contributed by atoms with Crippen LogP contribution >= 0.6 is 11.3 Å². The van der Waals surface area contributed by atoms with Gasteiger partial charge in [0.2, 0.25) is 5.95 Å². The van der Waals surface area contributed by atoms with Gasteiger partial charge in [0.1, 0.15) is 22.3 Å². The summed E-state index contributed by atoms with van der Waals surface area (Å²) < 4.78 is 11.0. The van der Waals surface area contributed by atoms with Crippen molar-refractivity contribution >= 4 is 29.1 Å². The van der Waals surface area contributed by atoms with Gasteiger partial charge < -0.3 is 20.9 Å². The summed E-state index contributed by atoms with van der Waals surface area (Å²) in [6, 6.07) is 10.2. The molecule has 9 heteroatoms. The maximum absolute atomic E-state index is 12.2. The number of aromatic nitrogens is 2. The third kappa shape index (κ3) is 3.80. The van der Waals surface area contributed by atoms with Gasteiger partial charge in [0.15, 0.2) is 11.5 Å². The number of thiophene rings is 1. The number of anilines is 2. The van der Waals surface area contributed by atoms with E-state index in [2.05, 4.69) is 9.97 Å².